The summed E-state index contributed by atoms with van der Waals surface area (Å²) in [5, 5.41) is 5.68. The van der Waals surface area contributed by atoms with Crippen LogP contribution in [0.1, 0.15) is 26.3 Å². The Hall–Kier alpha value is -2.63. The monoisotopic (exact) mass is 348 g/mol. The molecule has 0 atom stereocenters. The Kier molecular flexibility index (Phi) is 5.96. The number of benzene rings is 2. The van der Waals surface area contributed by atoms with E-state index in [9.17, 15) is 13.6 Å². The molecule has 4 nitrogen and oxygen atoms in total. The molecule has 2 rings (SSSR count). The number of carbonyl (C=O) groups excluding carboxylic acids is 1. The fourth-order valence-electron chi connectivity index (χ4n) is 2.43. The minimum absolute atomic E-state index is 0.0100. The van der Waals surface area contributed by atoms with E-state index >= 15 is 0 Å². The molecule has 0 aromatic heterocycles. The Balaban J connectivity index is 2.03. The van der Waals surface area contributed by atoms with Crippen LogP contribution in [0, 0.1) is 0 Å². The maximum Gasteiger partial charge on any atom is 0.387 e. The zero-order chi connectivity index (χ0) is 18.4. The minimum atomic E-state index is -2.95. The normalized spacial score (nSPS) is 11.3. The number of para-hydroxylation sites is 3. The third-order valence-electron chi connectivity index (χ3n) is 3.55. The number of halogens is 2. The summed E-state index contributed by atoms with van der Waals surface area (Å²) in [6, 6.07) is 13.8. The fourth-order valence-corrected chi connectivity index (χ4v) is 2.43. The summed E-state index contributed by atoms with van der Waals surface area (Å²) in [6.07, 6.45) is 0. The highest BCUT2D eigenvalue weighted by molar-refractivity contribution is 5.95. The predicted octanol–water partition coefficient (Wildman–Crippen LogP) is 4.64. The molecule has 2 N–H and O–H groups in total. The second kappa shape index (κ2) is 7.96. The van der Waals surface area contributed by atoms with Crippen molar-refractivity contribution in [2.24, 2.45) is 0 Å². The molecule has 0 spiro atoms. The Bertz CT molecular complexity index is 727. The van der Waals surface area contributed by atoms with Crippen molar-refractivity contribution in [2.45, 2.75) is 32.8 Å². The Morgan fingerprint density at radius 3 is 2.28 bits per heavy atom. The standard InChI is InChI=1S/C19H22F2N2O2/c1-19(2,3)13-8-4-5-9-14(13)22-12-17(24)23-15-10-6-7-11-16(15)25-18(20)21/h4-11,18,22H,12H2,1-3H3,(H,23,24). The predicted molar refractivity (Wildman–Crippen MR) is 95.3 cm³/mol. The van der Waals surface area contributed by atoms with Crippen molar-refractivity contribution in [1.82, 2.24) is 0 Å². The van der Waals surface area contributed by atoms with Crippen LogP contribution >= 0.6 is 0 Å². The first-order valence-electron chi connectivity index (χ1n) is 7.94. The maximum atomic E-state index is 12.4. The number of hydrogen-bond donors (Lipinski definition) is 2. The summed E-state index contributed by atoms with van der Waals surface area (Å²) in [5.74, 6) is -0.421. The van der Waals surface area contributed by atoms with E-state index in [-0.39, 0.29) is 29.3 Å². The van der Waals surface area contributed by atoms with Gasteiger partial charge >= 0.3 is 6.61 Å². The van der Waals surface area contributed by atoms with Crippen molar-refractivity contribution < 1.29 is 18.3 Å². The molecule has 0 fully saturated rings. The number of carbonyl (C=O) groups is 1. The maximum absolute atomic E-state index is 12.4. The van der Waals surface area contributed by atoms with Crippen LogP contribution in [0.25, 0.3) is 0 Å². The summed E-state index contributed by atoms with van der Waals surface area (Å²) in [5.41, 5.74) is 2.09. The van der Waals surface area contributed by atoms with Gasteiger partial charge in [-0.3, -0.25) is 4.79 Å². The molecule has 134 valence electrons. The molecule has 0 bridgehead atoms. The van der Waals surface area contributed by atoms with Crippen molar-refractivity contribution in [1.29, 1.82) is 0 Å². The topological polar surface area (TPSA) is 50.4 Å². The summed E-state index contributed by atoms with van der Waals surface area (Å²) < 4.78 is 29.2. The number of anilines is 2. The van der Waals surface area contributed by atoms with Crippen molar-refractivity contribution in [3.8, 4) is 5.75 Å². The van der Waals surface area contributed by atoms with Gasteiger partial charge in [0.1, 0.15) is 5.75 Å². The molecule has 6 heteroatoms. The first-order chi connectivity index (χ1) is 11.8. The van der Waals surface area contributed by atoms with Crippen LogP contribution in [-0.2, 0) is 10.2 Å². The fraction of sp³-hybridized carbons (Fsp3) is 0.316. The second-order valence-corrected chi connectivity index (χ2v) is 6.57. The van der Waals surface area contributed by atoms with Gasteiger partial charge in [0.25, 0.3) is 0 Å². The molecule has 0 aliphatic carbocycles. The smallest absolute Gasteiger partial charge is 0.387 e. The lowest BCUT2D eigenvalue weighted by Crippen LogP contribution is -2.24. The molecule has 2 aromatic carbocycles. The molecular weight excluding hydrogens is 326 g/mol. The molecule has 0 unspecified atom stereocenters. The lowest BCUT2D eigenvalue weighted by atomic mass is 9.86. The van der Waals surface area contributed by atoms with Gasteiger partial charge in [-0.05, 0) is 29.2 Å². The molecule has 25 heavy (non-hydrogen) atoms. The molecule has 0 heterocycles. The van der Waals surface area contributed by atoms with Gasteiger partial charge in [-0.25, -0.2) is 0 Å². The highest BCUT2D eigenvalue weighted by atomic mass is 19.3. The summed E-state index contributed by atoms with van der Waals surface area (Å²) >= 11 is 0. The Morgan fingerprint density at radius 1 is 1.04 bits per heavy atom. The lowest BCUT2D eigenvalue weighted by molar-refractivity contribution is -0.114. The molecular formula is C19H22F2N2O2. The highest BCUT2D eigenvalue weighted by Crippen LogP contribution is 2.29. The van der Waals surface area contributed by atoms with E-state index in [1.165, 1.54) is 12.1 Å². The number of rotatable bonds is 6. The molecule has 0 aliphatic rings. The van der Waals surface area contributed by atoms with E-state index in [1.54, 1.807) is 12.1 Å². The van der Waals surface area contributed by atoms with E-state index in [1.807, 2.05) is 24.3 Å². The van der Waals surface area contributed by atoms with Gasteiger partial charge in [-0.2, -0.15) is 8.78 Å². The molecule has 1 amide bonds. The first kappa shape index (κ1) is 18.7. The van der Waals surface area contributed by atoms with Gasteiger partial charge in [-0.15, -0.1) is 0 Å². The number of ether oxygens (including phenoxy) is 1. The van der Waals surface area contributed by atoms with Crippen LogP contribution < -0.4 is 15.4 Å². The molecule has 0 saturated heterocycles. The van der Waals surface area contributed by atoms with E-state index in [0.717, 1.165) is 11.3 Å². The van der Waals surface area contributed by atoms with Gasteiger partial charge < -0.3 is 15.4 Å². The minimum Gasteiger partial charge on any atom is -0.433 e. The van der Waals surface area contributed by atoms with E-state index in [0.29, 0.717) is 0 Å². The average molecular weight is 348 g/mol. The number of nitrogens with one attached hydrogen (secondary N) is 2. The molecule has 2 aromatic rings. The van der Waals surface area contributed by atoms with Crippen molar-refractivity contribution in [2.75, 3.05) is 17.2 Å². The van der Waals surface area contributed by atoms with Gasteiger partial charge in [0.15, 0.2) is 0 Å². The van der Waals surface area contributed by atoms with E-state index in [2.05, 4.69) is 36.1 Å². The zero-order valence-corrected chi connectivity index (χ0v) is 14.5. The lowest BCUT2D eigenvalue weighted by Gasteiger charge is -2.23. The molecule has 0 aliphatic heterocycles. The summed E-state index contributed by atoms with van der Waals surface area (Å²) in [6.45, 7) is 3.33. The van der Waals surface area contributed by atoms with Gasteiger partial charge in [0.05, 0.1) is 12.2 Å². The van der Waals surface area contributed by atoms with Crippen LogP contribution in [0.4, 0.5) is 20.2 Å². The van der Waals surface area contributed by atoms with Gasteiger partial charge in [-0.1, -0.05) is 51.1 Å². The number of amides is 1. The third-order valence-corrected chi connectivity index (χ3v) is 3.55. The summed E-state index contributed by atoms with van der Waals surface area (Å²) in [7, 11) is 0. The van der Waals surface area contributed by atoms with Gasteiger partial charge in [0, 0.05) is 5.69 Å². The van der Waals surface area contributed by atoms with Crippen LogP contribution in [-0.4, -0.2) is 19.1 Å². The SMILES string of the molecule is CC(C)(C)c1ccccc1NCC(=O)Nc1ccccc1OC(F)F. The Labute approximate surface area is 146 Å². The summed E-state index contributed by atoms with van der Waals surface area (Å²) in [4.78, 5) is 12.2. The van der Waals surface area contributed by atoms with E-state index < -0.39 is 6.61 Å². The quantitative estimate of drug-likeness (QED) is 0.800. The van der Waals surface area contributed by atoms with Gasteiger partial charge in [0.2, 0.25) is 5.91 Å². The van der Waals surface area contributed by atoms with Crippen LogP contribution in [0.2, 0.25) is 0 Å². The zero-order valence-electron chi connectivity index (χ0n) is 14.5. The first-order valence-corrected chi connectivity index (χ1v) is 7.94. The van der Waals surface area contributed by atoms with Crippen LogP contribution in [0.3, 0.4) is 0 Å². The van der Waals surface area contributed by atoms with Crippen molar-refractivity contribution in [3.63, 3.8) is 0 Å². The Morgan fingerprint density at radius 2 is 1.64 bits per heavy atom. The number of alkyl halides is 2. The van der Waals surface area contributed by atoms with E-state index in [4.69, 9.17) is 0 Å². The van der Waals surface area contributed by atoms with Crippen molar-refractivity contribution >= 4 is 17.3 Å². The highest BCUT2D eigenvalue weighted by Gasteiger charge is 2.18. The second-order valence-electron chi connectivity index (χ2n) is 6.57. The van der Waals surface area contributed by atoms with Crippen molar-refractivity contribution in [3.05, 3.63) is 54.1 Å². The third kappa shape index (κ3) is 5.45. The van der Waals surface area contributed by atoms with Crippen LogP contribution in [0.15, 0.2) is 48.5 Å². The average Bonchev–Trinajstić information content (AvgIpc) is 2.54. The number of hydrogen-bond acceptors (Lipinski definition) is 3. The largest absolute Gasteiger partial charge is 0.433 e. The molecule has 0 radical (unpaired) electrons. The van der Waals surface area contributed by atoms with Crippen LogP contribution in [0.5, 0.6) is 5.75 Å². The molecule has 0 saturated carbocycles.